The Morgan fingerprint density at radius 3 is 2.69 bits per heavy atom. The number of nitrogens with one attached hydrogen (secondary N) is 1. The molecular formula is C11H18N4O. The molecule has 3 fully saturated rings. The molecule has 3 aliphatic rings. The number of piperazine rings is 3. The third-order valence-corrected chi connectivity index (χ3v) is 3.74. The maximum absolute atomic E-state index is 5.67. The van der Waals surface area contributed by atoms with Crippen molar-refractivity contribution in [1.29, 1.82) is 0 Å². The van der Waals surface area contributed by atoms with Gasteiger partial charge in [-0.3, -0.25) is 15.6 Å². The summed E-state index contributed by atoms with van der Waals surface area (Å²) in [7, 11) is 0. The quantitative estimate of drug-likeness (QED) is 0.547. The molecule has 3 aliphatic heterocycles. The minimum atomic E-state index is 0.0955. The maximum Gasteiger partial charge on any atom is 0.123 e. The molecular weight excluding hydrogens is 204 g/mol. The van der Waals surface area contributed by atoms with Gasteiger partial charge in [0.05, 0.1) is 12.3 Å². The second-order valence-corrected chi connectivity index (χ2v) is 4.56. The number of hydrogen-bond acceptors (Lipinski definition) is 5. The number of hydrogen-bond donors (Lipinski definition) is 2. The summed E-state index contributed by atoms with van der Waals surface area (Å²) in [6.07, 6.45) is 1.70. The van der Waals surface area contributed by atoms with Gasteiger partial charge in [-0.15, -0.1) is 0 Å². The first-order valence-corrected chi connectivity index (χ1v) is 5.84. The molecule has 3 N–H and O–H groups in total. The number of nitrogens with zero attached hydrogens (tertiary/aromatic N) is 2. The average molecular weight is 222 g/mol. The van der Waals surface area contributed by atoms with Crippen molar-refractivity contribution in [3.8, 4) is 0 Å². The molecule has 2 atom stereocenters. The SMILES string of the molecule is NNC(c1ccco1)C1CN2CCN1CC2. The highest BCUT2D eigenvalue weighted by molar-refractivity contribution is 5.09. The highest BCUT2D eigenvalue weighted by Gasteiger charge is 2.37. The average Bonchev–Trinajstić information content (AvgIpc) is 2.85. The molecule has 2 bridgehead atoms. The molecule has 0 spiro atoms. The lowest BCUT2D eigenvalue weighted by molar-refractivity contribution is -0.00690. The van der Waals surface area contributed by atoms with E-state index >= 15 is 0 Å². The summed E-state index contributed by atoms with van der Waals surface area (Å²) in [6.45, 7) is 5.74. The van der Waals surface area contributed by atoms with Crippen molar-refractivity contribution in [2.45, 2.75) is 12.1 Å². The fraction of sp³-hybridized carbons (Fsp3) is 0.636. The summed E-state index contributed by atoms with van der Waals surface area (Å²) < 4.78 is 5.46. The molecule has 3 saturated heterocycles. The van der Waals surface area contributed by atoms with Crippen LogP contribution in [0.1, 0.15) is 11.8 Å². The van der Waals surface area contributed by atoms with Crippen LogP contribution < -0.4 is 11.3 Å². The summed E-state index contributed by atoms with van der Waals surface area (Å²) in [5.74, 6) is 6.60. The van der Waals surface area contributed by atoms with Crippen LogP contribution in [0.3, 0.4) is 0 Å². The number of nitrogens with two attached hydrogens (primary N) is 1. The highest BCUT2D eigenvalue weighted by Crippen LogP contribution is 2.26. The van der Waals surface area contributed by atoms with Crippen molar-refractivity contribution >= 4 is 0 Å². The zero-order chi connectivity index (χ0) is 11.0. The van der Waals surface area contributed by atoms with E-state index in [0.29, 0.717) is 6.04 Å². The van der Waals surface area contributed by atoms with E-state index in [0.717, 1.165) is 25.4 Å². The van der Waals surface area contributed by atoms with Crippen molar-refractivity contribution in [3.63, 3.8) is 0 Å². The van der Waals surface area contributed by atoms with Crippen LogP contribution in [0.15, 0.2) is 22.8 Å². The van der Waals surface area contributed by atoms with E-state index in [1.165, 1.54) is 13.1 Å². The molecule has 5 nitrogen and oxygen atoms in total. The molecule has 5 heteroatoms. The number of furan rings is 1. The molecule has 88 valence electrons. The molecule has 0 amide bonds. The number of rotatable bonds is 3. The van der Waals surface area contributed by atoms with Crippen molar-refractivity contribution < 1.29 is 4.42 Å². The Bertz CT molecular complexity index is 332. The van der Waals surface area contributed by atoms with E-state index in [2.05, 4.69) is 15.2 Å². The van der Waals surface area contributed by atoms with E-state index < -0.39 is 0 Å². The van der Waals surface area contributed by atoms with E-state index in [1.54, 1.807) is 6.26 Å². The zero-order valence-electron chi connectivity index (χ0n) is 9.30. The Labute approximate surface area is 95.1 Å². The van der Waals surface area contributed by atoms with Crippen molar-refractivity contribution in [3.05, 3.63) is 24.2 Å². The molecule has 2 unspecified atom stereocenters. The van der Waals surface area contributed by atoms with Gasteiger partial charge in [-0.1, -0.05) is 0 Å². The van der Waals surface area contributed by atoms with E-state index in [1.807, 2.05) is 12.1 Å². The van der Waals surface area contributed by atoms with Crippen LogP contribution in [0.25, 0.3) is 0 Å². The van der Waals surface area contributed by atoms with Crippen LogP contribution >= 0.6 is 0 Å². The predicted octanol–water partition coefficient (Wildman–Crippen LogP) is -0.216. The lowest BCUT2D eigenvalue weighted by Crippen LogP contribution is -2.64. The third-order valence-electron chi connectivity index (χ3n) is 3.74. The van der Waals surface area contributed by atoms with Crippen molar-refractivity contribution in [1.82, 2.24) is 15.2 Å². The van der Waals surface area contributed by atoms with Gasteiger partial charge in [-0.2, -0.15) is 0 Å². The number of hydrazine groups is 1. The van der Waals surface area contributed by atoms with Crippen LogP contribution in [0.4, 0.5) is 0 Å². The summed E-state index contributed by atoms with van der Waals surface area (Å²) in [5, 5.41) is 0. The Balaban J connectivity index is 1.80. The normalized spacial score (nSPS) is 35.2. The molecule has 1 aromatic rings. The second-order valence-electron chi connectivity index (χ2n) is 4.56. The van der Waals surface area contributed by atoms with Gasteiger partial charge in [0.2, 0.25) is 0 Å². The predicted molar refractivity (Wildman–Crippen MR) is 60.6 cm³/mol. The molecule has 4 rings (SSSR count). The smallest absolute Gasteiger partial charge is 0.123 e. The second kappa shape index (κ2) is 4.18. The van der Waals surface area contributed by atoms with Crippen LogP contribution in [0.5, 0.6) is 0 Å². The summed E-state index contributed by atoms with van der Waals surface area (Å²) in [6, 6.07) is 4.43. The van der Waals surface area contributed by atoms with E-state index in [-0.39, 0.29) is 6.04 Å². The molecule has 0 saturated carbocycles. The first kappa shape index (κ1) is 10.3. The molecule has 16 heavy (non-hydrogen) atoms. The van der Waals surface area contributed by atoms with Crippen molar-refractivity contribution in [2.75, 3.05) is 32.7 Å². The third kappa shape index (κ3) is 1.66. The Morgan fingerprint density at radius 1 is 1.38 bits per heavy atom. The summed E-state index contributed by atoms with van der Waals surface area (Å²) in [4.78, 5) is 5.00. The van der Waals surface area contributed by atoms with Gasteiger partial charge in [-0.05, 0) is 12.1 Å². The number of fused-ring (bicyclic) bond motifs is 3. The monoisotopic (exact) mass is 222 g/mol. The summed E-state index contributed by atoms with van der Waals surface area (Å²) >= 11 is 0. The van der Waals surface area contributed by atoms with E-state index in [9.17, 15) is 0 Å². The molecule has 0 aliphatic carbocycles. The fourth-order valence-corrected chi connectivity index (χ4v) is 2.82. The van der Waals surface area contributed by atoms with Crippen LogP contribution in [-0.4, -0.2) is 48.6 Å². The lowest BCUT2D eigenvalue weighted by Gasteiger charge is -2.49. The maximum atomic E-state index is 5.67. The Hall–Kier alpha value is -0.880. The molecule has 4 heterocycles. The first-order chi connectivity index (χ1) is 7.88. The first-order valence-electron chi connectivity index (χ1n) is 5.84. The van der Waals surface area contributed by atoms with Crippen LogP contribution in [0.2, 0.25) is 0 Å². The van der Waals surface area contributed by atoms with Gasteiger partial charge >= 0.3 is 0 Å². The van der Waals surface area contributed by atoms with Crippen LogP contribution in [0, 0.1) is 0 Å². The largest absolute Gasteiger partial charge is 0.468 e. The van der Waals surface area contributed by atoms with Gasteiger partial charge in [0, 0.05) is 38.8 Å². The van der Waals surface area contributed by atoms with Gasteiger partial charge < -0.3 is 4.42 Å². The minimum Gasteiger partial charge on any atom is -0.468 e. The lowest BCUT2D eigenvalue weighted by atomic mass is 9.99. The summed E-state index contributed by atoms with van der Waals surface area (Å²) in [5.41, 5.74) is 2.90. The van der Waals surface area contributed by atoms with Gasteiger partial charge in [-0.25, -0.2) is 5.43 Å². The fourth-order valence-electron chi connectivity index (χ4n) is 2.82. The Kier molecular flexibility index (Phi) is 2.69. The van der Waals surface area contributed by atoms with Crippen LogP contribution in [-0.2, 0) is 0 Å². The minimum absolute atomic E-state index is 0.0955. The topological polar surface area (TPSA) is 57.7 Å². The zero-order valence-corrected chi connectivity index (χ0v) is 9.30. The van der Waals surface area contributed by atoms with Gasteiger partial charge in [0.1, 0.15) is 5.76 Å². The van der Waals surface area contributed by atoms with Crippen molar-refractivity contribution in [2.24, 2.45) is 5.84 Å². The van der Waals surface area contributed by atoms with E-state index in [4.69, 9.17) is 10.3 Å². The van der Waals surface area contributed by atoms with Gasteiger partial charge in [0.25, 0.3) is 0 Å². The molecule has 1 aromatic heterocycles. The van der Waals surface area contributed by atoms with Gasteiger partial charge in [0.15, 0.2) is 0 Å². The highest BCUT2D eigenvalue weighted by atomic mass is 16.3. The molecule has 0 aromatic carbocycles. The Morgan fingerprint density at radius 2 is 2.19 bits per heavy atom. The standard InChI is InChI=1S/C11H18N4O/c12-13-11(10-2-1-7-16-10)9-8-14-3-5-15(9)6-4-14/h1-2,7,9,11,13H,3-6,8,12H2. The molecule has 0 radical (unpaired) electrons.